The van der Waals surface area contributed by atoms with Gasteiger partial charge in [0.05, 0.1) is 19.9 Å². The number of carbonyl (C=O) groups excluding carboxylic acids is 1. The number of rotatable bonds is 7. The molecule has 9 nitrogen and oxygen atoms in total. The second kappa shape index (κ2) is 9.06. The lowest BCUT2D eigenvalue weighted by Gasteiger charge is -2.24. The smallest absolute Gasteiger partial charge is 0.296 e. The second-order valence-corrected chi connectivity index (χ2v) is 6.91. The molecule has 29 heavy (non-hydrogen) atoms. The summed E-state index contributed by atoms with van der Waals surface area (Å²) < 4.78 is 11.8. The molecular formula is C20H26N4O5. The average molecular weight is 402 g/mol. The molecule has 156 valence electrons. The Morgan fingerprint density at radius 3 is 2.83 bits per heavy atom. The van der Waals surface area contributed by atoms with E-state index in [0.717, 1.165) is 24.9 Å². The van der Waals surface area contributed by atoms with Gasteiger partial charge in [0.25, 0.3) is 11.5 Å². The highest BCUT2D eigenvalue weighted by Crippen LogP contribution is 2.30. The van der Waals surface area contributed by atoms with Gasteiger partial charge in [-0.2, -0.15) is 0 Å². The predicted molar refractivity (Wildman–Crippen MR) is 106 cm³/mol. The Morgan fingerprint density at radius 2 is 2.10 bits per heavy atom. The van der Waals surface area contributed by atoms with Crippen LogP contribution in [0, 0.1) is 0 Å². The summed E-state index contributed by atoms with van der Waals surface area (Å²) in [6.45, 7) is 1.38. The lowest BCUT2D eigenvalue weighted by Crippen LogP contribution is -2.34. The summed E-state index contributed by atoms with van der Waals surface area (Å²) in [4.78, 5) is 31.7. The molecule has 2 N–H and O–H groups in total. The van der Waals surface area contributed by atoms with Crippen molar-refractivity contribution in [2.24, 2.45) is 7.05 Å². The van der Waals surface area contributed by atoms with E-state index >= 15 is 0 Å². The van der Waals surface area contributed by atoms with Crippen LogP contribution < -0.4 is 15.6 Å². The molecule has 0 saturated carbocycles. The zero-order valence-corrected chi connectivity index (χ0v) is 16.8. The maximum Gasteiger partial charge on any atom is 0.296 e. The maximum absolute atomic E-state index is 12.7. The van der Waals surface area contributed by atoms with Gasteiger partial charge in [-0.3, -0.25) is 19.1 Å². The molecule has 1 atom stereocenters. The highest BCUT2D eigenvalue weighted by atomic mass is 16.5. The van der Waals surface area contributed by atoms with Crippen LogP contribution in [0.3, 0.4) is 0 Å². The minimum atomic E-state index is -0.662. The van der Waals surface area contributed by atoms with Gasteiger partial charge < -0.3 is 19.9 Å². The average Bonchev–Trinajstić information content (AvgIpc) is 3.19. The van der Waals surface area contributed by atoms with Gasteiger partial charge in [0.15, 0.2) is 5.69 Å². The number of amides is 1. The van der Waals surface area contributed by atoms with Crippen LogP contribution in [-0.2, 0) is 18.3 Å². The van der Waals surface area contributed by atoms with Crippen LogP contribution >= 0.6 is 0 Å². The third kappa shape index (κ3) is 4.25. The van der Waals surface area contributed by atoms with Gasteiger partial charge in [0.2, 0.25) is 5.75 Å². The summed E-state index contributed by atoms with van der Waals surface area (Å²) in [5.41, 5.74) is -0.155. The summed E-state index contributed by atoms with van der Waals surface area (Å²) in [6.07, 6.45) is 1.72. The van der Waals surface area contributed by atoms with Crippen molar-refractivity contribution in [2.45, 2.75) is 25.4 Å². The summed E-state index contributed by atoms with van der Waals surface area (Å²) in [7, 11) is 4.70. The Labute approximate surface area is 168 Å². The molecule has 0 aliphatic carbocycles. The number of para-hydroxylation sites is 1. The van der Waals surface area contributed by atoms with Gasteiger partial charge in [-0.15, -0.1) is 0 Å². The summed E-state index contributed by atoms with van der Waals surface area (Å²) >= 11 is 0. The number of nitrogens with zero attached hydrogens (tertiary/aromatic N) is 3. The number of nitrogens with one attached hydrogen (secondary N) is 1. The molecule has 1 amide bonds. The van der Waals surface area contributed by atoms with Crippen LogP contribution in [0.25, 0.3) is 0 Å². The third-order valence-electron chi connectivity index (χ3n) is 5.11. The molecule has 1 saturated heterocycles. The summed E-state index contributed by atoms with van der Waals surface area (Å²) in [5.74, 6) is -0.214. The maximum atomic E-state index is 12.7. The van der Waals surface area contributed by atoms with E-state index in [9.17, 15) is 14.7 Å². The van der Waals surface area contributed by atoms with E-state index in [1.54, 1.807) is 27.3 Å². The predicted octanol–water partition coefficient (Wildman–Crippen LogP) is 1.17. The van der Waals surface area contributed by atoms with E-state index in [4.69, 9.17) is 9.47 Å². The first-order chi connectivity index (χ1) is 14.0. The van der Waals surface area contributed by atoms with E-state index in [0.29, 0.717) is 18.3 Å². The van der Waals surface area contributed by atoms with E-state index in [-0.39, 0.29) is 18.3 Å². The molecule has 1 aromatic heterocycles. The highest BCUT2D eigenvalue weighted by Gasteiger charge is 2.31. The number of aromatic hydroxyl groups is 1. The second-order valence-electron chi connectivity index (χ2n) is 6.91. The van der Waals surface area contributed by atoms with Gasteiger partial charge >= 0.3 is 0 Å². The van der Waals surface area contributed by atoms with Crippen molar-refractivity contribution in [1.29, 1.82) is 0 Å². The molecule has 1 aromatic carbocycles. The number of hydrogen-bond acceptors (Lipinski definition) is 7. The van der Waals surface area contributed by atoms with Crippen LogP contribution in [0.5, 0.6) is 11.5 Å². The van der Waals surface area contributed by atoms with Crippen molar-refractivity contribution in [3.8, 4) is 11.5 Å². The van der Waals surface area contributed by atoms with Gasteiger partial charge in [-0.1, -0.05) is 18.2 Å². The first-order valence-electron chi connectivity index (χ1n) is 9.40. The molecule has 0 radical (unpaired) electrons. The van der Waals surface area contributed by atoms with Gasteiger partial charge in [-0.25, -0.2) is 4.98 Å². The molecular weight excluding hydrogens is 376 g/mol. The minimum absolute atomic E-state index is 0.158. The van der Waals surface area contributed by atoms with E-state index in [1.807, 2.05) is 18.2 Å². The van der Waals surface area contributed by atoms with E-state index < -0.39 is 17.2 Å². The topological polar surface area (TPSA) is 106 Å². The zero-order chi connectivity index (χ0) is 21.0. The normalized spacial score (nSPS) is 16.7. The minimum Gasteiger partial charge on any atom is -0.501 e. The first-order valence-corrected chi connectivity index (χ1v) is 9.40. The zero-order valence-electron chi connectivity index (χ0n) is 16.8. The first kappa shape index (κ1) is 20.8. The molecule has 2 heterocycles. The third-order valence-corrected chi connectivity index (χ3v) is 5.11. The molecule has 1 aliphatic heterocycles. The molecule has 0 bridgehead atoms. The van der Waals surface area contributed by atoms with Crippen LogP contribution in [0.1, 0.15) is 40.8 Å². The van der Waals surface area contributed by atoms with Crippen molar-refractivity contribution in [3.63, 3.8) is 0 Å². The highest BCUT2D eigenvalue weighted by molar-refractivity contribution is 5.94. The van der Waals surface area contributed by atoms with Crippen molar-refractivity contribution in [2.75, 3.05) is 27.5 Å². The number of benzene rings is 1. The molecule has 9 heteroatoms. The number of ether oxygens (including phenoxy) is 2. The monoisotopic (exact) mass is 402 g/mol. The van der Waals surface area contributed by atoms with Crippen molar-refractivity contribution in [3.05, 3.63) is 51.7 Å². The van der Waals surface area contributed by atoms with E-state index in [1.165, 1.54) is 4.57 Å². The lowest BCUT2D eigenvalue weighted by atomic mass is 10.2. The SMILES string of the molecule is COCN1CCCC1c1nc(C(=O)NCc2ccccc2OC)c(O)c(=O)n1C. The van der Waals surface area contributed by atoms with Crippen LogP contribution in [0.4, 0.5) is 0 Å². The Balaban J connectivity index is 1.88. The largest absolute Gasteiger partial charge is 0.501 e. The molecule has 1 aliphatic rings. The van der Waals surface area contributed by atoms with Crippen molar-refractivity contribution in [1.82, 2.24) is 19.8 Å². The number of likely N-dealkylation sites (tertiary alicyclic amines) is 1. The van der Waals surface area contributed by atoms with Crippen LogP contribution in [0.15, 0.2) is 29.1 Å². The molecule has 3 rings (SSSR count). The van der Waals surface area contributed by atoms with Gasteiger partial charge in [0, 0.05) is 32.8 Å². The fourth-order valence-electron chi connectivity index (χ4n) is 3.61. The number of carbonyl (C=O) groups is 1. The van der Waals surface area contributed by atoms with Crippen LogP contribution in [-0.4, -0.2) is 53.0 Å². The van der Waals surface area contributed by atoms with E-state index in [2.05, 4.69) is 15.2 Å². The number of aromatic nitrogens is 2. The Morgan fingerprint density at radius 1 is 1.34 bits per heavy atom. The standard InChI is InChI=1S/C20H26N4O5/c1-23-18(14-8-6-10-24(14)12-28-2)22-16(17(25)20(23)27)19(26)21-11-13-7-4-5-9-15(13)29-3/h4-5,7,9,14,25H,6,8,10-12H2,1-3H3,(H,21,26). The Bertz CT molecular complexity index is 943. The fourth-order valence-corrected chi connectivity index (χ4v) is 3.61. The Hall–Kier alpha value is -2.91. The molecule has 2 aromatic rings. The number of methoxy groups -OCH3 is 2. The summed E-state index contributed by atoms with van der Waals surface area (Å²) in [5, 5.41) is 13.0. The molecule has 1 fully saturated rings. The van der Waals surface area contributed by atoms with Crippen LogP contribution in [0.2, 0.25) is 0 Å². The lowest BCUT2D eigenvalue weighted by molar-refractivity contribution is 0.0510. The number of hydrogen-bond donors (Lipinski definition) is 2. The van der Waals surface area contributed by atoms with Gasteiger partial charge in [0.1, 0.15) is 11.6 Å². The van der Waals surface area contributed by atoms with Crippen molar-refractivity contribution < 1.29 is 19.4 Å². The molecule has 1 unspecified atom stereocenters. The fraction of sp³-hybridized carbons (Fsp3) is 0.450. The van der Waals surface area contributed by atoms with Crippen molar-refractivity contribution >= 4 is 5.91 Å². The quantitative estimate of drug-likeness (QED) is 0.716. The molecule has 0 spiro atoms. The Kier molecular flexibility index (Phi) is 6.50. The summed E-state index contributed by atoms with van der Waals surface area (Å²) in [6, 6.07) is 7.12. The van der Waals surface area contributed by atoms with Gasteiger partial charge in [-0.05, 0) is 18.9 Å².